The fourth-order valence-electron chi connectivity index (χ4n) is 1.48. The third kappa shape index (κ3) is 5.92. The van der Waals surface area contributed by atoms with Crippen molar-refractivity contribution in [2.45, 2.75) is 19.8 Å². The van der Waals surface area contributed by atoms with E-state index in [0.29, 0.717) is 11.4 Å². The number of nitrogens with zero attached hydrogens (tertiary/aromatic N) is 1. The molecule has 0 aliphatic heterocycles. The van der Waals surface area contributed by atoms with Crippen LogP contribution >= 0.6 is 0 Å². The molecule has 0 atom stereocenters. The molecule has 112 valence electrons. The highest BCUT2D eigenvalue weighted by Crippen LogP contribution is 2.10. The fraction of sp³-hybridized carbons (Fsp3) is 0.538. The van der Waals surface area contributed by atoms with Crippen LogP contribution in [0.15, 0.2) is 18.3 Å². The zero-order valence-electron chi connectivity index (χ0n) is 11.4. The van der Waals surface area contributed by atoms with Crippen molar-refractivity contribution in [1.29, 1.82) is 0 Å². The third-order valence-corrected chi connectivity index (χ3v) is 2.37. The van der Waals surface area contributed by atoms with Gasteiger partial charge in [-0.25, -0.2) is 13.8 Å². The maximum atomic E-state index is 11.9. The Bertz CT molecular complexity index is 416. The molecule has 0 fully saturated rings. The predicted octanol–water partition coefficient (Wildman–Crippen LogP) is 1.92. The smallest absolute Gasteiger partial charge is 0.261 e. The first kappa shape index (κ1) is 16.3. The first-order valence-corrected chi connectivity index (χ1v) is 6.48. The van der Waals surface area contributed by atoms with E-state index < -0.39 is 13.0 Å². The van der Waals surface area contributed by atoms with Gasteiger partial charge in [0.1, 0.15) is 12.4 Å². The van der Waals surface area contributed by atoms with Crippen LogP contribution in [0, 0.1) is 0 Å². The van der Waals surface area contributed by atoms with Crippen LogP contribution < -0.4 is 10.6 Å². The number of rotatable bonds is 9. The number of nitrogens with one attached hydrogen (secondary N) is 2. The van der Waals surface area contributed by atoms with Crippen LogP contribution in [0.1, 0.15) is 23.7 Å². The van der Waals surface area contributed by atoms with E-state index in [4.69, 9.17) is 0 Å². The summed E-state index contributed by atoms with van der Waals surface area (Å²) in [5.74, 6) is 0.206. The molecule has 1 amide bonds. The minimum absolute atomic E-state index is 0.0497. The molecule has 0 saturated carbocycles. The second kappa shape index (κ2) is 9.19. The molecule has 0 saturated heterocycles. The van der Waals surface area contributed by atoms with E-state index in [9.17, 15) is 13.6 Å². The van der Waals surface area contributed by atoms with Gasteiger partial charge < -0.3 is 15.4 Å². The van der Waals surface area contributed by atoms with E-state index in [1.807, 2.05) is 6.92 Å². The maximum absolute atomic E-state index is 11.9. The van der Waals surface area contributed by atoms with Gasteiger partial charge in [0.25, 0.3) is 12.3 Å². The Morgan fingerprint density at radius 1 is 1.45 bits per heavy atom. The van der Waals surface area contributed by atoms with Crippen LogP contribution in [0.25, 0.3) is 0 Å². The standard InChI is InChI=1S/C13H19F2N3O2/c1-2-5-16-12-10(4-3-6-17-12)13(19)18-7-8-20-9-11(14)15/h3-4,6,11H,2,5,7-9H2,1H3,(H,16,17)(H,18,19). The van der Waals surface area contributed by atoms with Gasteiger partial charge in [0, 0.05) is 19.3 Å². The summed E-state index contributed by atoms with van der Waals surface area (Å²) in [6, 6.07) is 3.32. The summed E-state index contributed by atoms with van der Waals surface area (Å²) in [5.41, 5.74) is 0.426. The van der Waals surface area contributed by atoms with Crippen molar-refractivity contribution in [2.75, 3.05) is 31.6 Å². The minimum Gasteiger partial charge on any atom is -0.374 e. The molecule has 0 aromatic carbocycles. The molecule has 0 spiro atoms. The van der Waals surface area contributed by atoms with Crippen LogP contribution in [-0.2, 0) is 4.74 Å². The first-order valence-electron chi connectivity index (χ1n) is 6.48. The molecule has 1 aromatic rings. The van der Waals surface area contributed by atoms with Crippen LogP contribution in [0.2, 0.25) is 0 Å². The monoisotopic (exact) mass is 287 g/mol. The summed E-state index contributed by atoms with van der Waals surface area (Å²) in [6.45, 7) is 2.33. The molecule has 1 rings (SSSR count). The number of alkyl halides is 2. The quantitative estimate of drug-likeness (QED) is 0.681. The van der Waals surface area contributed by atoms with E-state index in [2.05, 4.69) is 20.4 Å². The van der Waals surface area contributed by atoms with Crippen LogP contribution in [0.3, 0.4) is 0 Å². The molecule has 1 aromatic heterocycles. The number of amides is 1. The molecule has 5 nitrogen and oxygen atoms in total. The van der Waals surface area contributed by atoms with Gasteiger partial charge in [-0.2, -0.15) is 0 Å². The van der Waals surface area contributed by atoms with Crippen LogP contribution in [0.4, 0.5) is 14.6 Å². The average molecular weight is 287 g/mol. The van der Waals surface area contributed by atoms with Crippen molar-refractivity contribution < 1.29 is 18.3 Å². The predicted molar refractivity (Wildman–Crippen MR) is 72.2 cm³/mol. The van der Waals surface area contributed by atoms with Gasteiger partial charge in [-0.15, -0.1) is 0 Å². The molecule has 0 aliphatic carbocycles. The summed E-state index contributed by atoms with van der Waals surface area (Å²) in [7, 11) is 0. The lowest BCUT2D eigenvalue weighted by Gasteiger charge is -2.10. The largest absolute Gasteiger partial charge is 0.374 e. The Morgan fingerprint density at radius 2 is 2.25 bits per heavy atom. The first-order chi connectivity index (χ1) is 9.65. The van der Waals surface area contributed by atoms with Crippen LogP contribution in [-0.4, -0.2) is 43.6 Å². The second-order valence-electron chi connectivity index (χ2n) is 4.05. The minimum atomic E-state index is -2.49. The summed E-state index contributed by atoms with van der Waals surface area (Å²) >= 11 is 0. The van der Waals surface area contributed by atoms with Gasteiger partial charge in [0.15, 0.2) is 0 Å². The number of halogens is 2. The topological polar surface area (TPSA) is 63.2 Å². The van der Waals surface area contributed by atoms with Gasteiger partial charge in [-0.3, -0.25) is 4.79 Å². The van der Waals surface area contributed by atoms with Crippen molar-refractivity contribution in [1.82, 2.24) is 10.3 Å². The molecule has 0 unspecified atom stereocenters. The third-order valence-electron chi connectivity index (χ3n) is 2.37. The highest BCUT2D eigenvalue weighted by atomic mass is 19.3. The van der Waals surface area contributed by atoms with Crippen LogP contribution in [0.5, 0.6) is 0 Å². The number of carbonyl (C=O) groups is 1. The number of pyridine rings is 1. The van der Waals surface area contributed by atoms with E-state index in [1.54, 1.807) is 18.3 Å². The Kier molecular flexibility index (Phi) is 7.49. The lowest BCUT2D eigenvalue weighted by molar-refractivity contribution is 0.0188. The van der Waals surface area contributed by atoms with Crippen molar-refractivity contribution in [3.8, 4) is 0 Å². The van der Waals surface area contributed by atoms with E-state index >= 15 is 0 Å². The number of carbonyl (C=O) groups excluding carboxylic acids is 1. The van der Waals surface area contributed by atoms with Crippen molar-refractivity contribution in [2.24, 2.45) is 0 Å². The molecular weight excluding hydrogens is 268 g/mol. The molecule has 0 bridgehead atoms. The summed E-state index contributed by atoms with van der Waals surface area (Å²) in [4.78, 5) is 16.0. The average Bonchev–Trinajstić information content (AvgIpc) is 2.44. The highest BCUT2D eigenvalue weighted by Gasteiger charge is 2.11. The Hall–Kier alpha value is -1.76. The van der Waals surface area contributed by atoms with Crippen molar-refractivity contribution >= 4 is 11.7 Å². The zero-order chi connectivity index (χ0) is 14.8. The van der Waals surface area contributed by atoms with Gasteiger partial charge in [0.2, 0.25) is 0 Å². The Balaban J connectivity index is 2.42. The second-order valence-corrected chi connectivity index (χ2v) is 4.05. The van der Waals surface area contributed by atoms with Gasteiger partial charge in [-0.1, -0.05) is 6.92 Å². The van der Waals surface area contributed by atoms with E-state index in [0.717, 1.165) is 13.0 Å². The molecule has 7 heteroatoms. The lowest BCUT2D eigenvalue weighted by atomic mass is 10.2. The summed E-state index contributed by atoms with van der Waals surface area (Å²) in [6.07, 6.45) is 0.0217. The van der Waals surface area contributed by atoms with Crippen molar-refractivity contribution in [3.63, 3.8) is 0 Å². The molecule has 1 heterocycles. The maximum Gasteiger partial charge on any atom is 0.261 e. The van der Waals surface area contributed by atoms with E-state index in [-0.39, 0.29) is 19.1 Å². The van der Waals surface area contributed by atoms with Gasteiger partial charge >= 0.3 is 0 Å². The Labute approximate surface area is 116 Å². The molecule has 0 aliphatic rings. The number of hydrogen-bond acceptors (Lipinski definition) is 4. The zero-order valence-corrected chi connectivity index (χ0v) is 11.4. The highest BCUT2D eigenvalue weighted by molar-refractivity contribution is 5.98. The summed E-state index contributed by atoms with van der Waals surface area (Å²) in [5, 5.41) is 5.66. The molecule has 20 heavy (non-hydrogen) atoms. The number of ether oxygens (including phenoxy) is 1. The Morgan fingerprint density at radius 3 is 2.95 bits per heavy atom. The lowest BCUT2D eigenvalue weighted by Crippen LogP contribution is -2.28. The number of anilines is 1. The fourth-order valence-corrected chi connectivity index (χ4v) is 1.48. The molecule has 0 radical (unpaired) electrons. The summed E-state index contributed by atoms with van der Waals surface area (Å²) < 4.78 is 28.3. The SMILES string of the molecule is CCCNc1ncccc1C(=O)NCCOCC(F)F. The molecule has 2 N–H and O–H groups in total. The van der Waals surface area contributed by atoms with Gasteiger partial charge in [0.05, 0.1) is 12.2 Å². The van der Waals surface area contributed by atoms with E-state index in [1.165, 1.54) is 0 Å². The van der Waals surface area contributed by atoms with Crippen molar-refractivity contribution in [3.05, 3.63) is 23.9 Å². The molecular formula is C13H19F2N3O2. The van der Waals surface area contributed by atoms with Gasteiger partial charge in [-0.05, 0) is 18.6 Å². The number of aromatic nitrogens is 1. The number of hydrogen-bond donors (Lipinski definition) is 2. The normalized spacial score (nSPS) is 10.6.